The maximum atomic E-state index is 12.8. The highest BCUT2D eigenvalue weighted by molar-refractivity contribution is 5.78. The smallest absolute Gasteiger partial charge is 0.224 e. The Balaban J connectivity index is 1.86. The van der Waals surface area contributed by atoms with Gasteiger partial charge in [0.05, 0.1) is 6.42 Å². The van der Waals surface area contributed by atoms with Crippen molar-refractivity contribution in [2.45, 2.75) is 25.7 Å². The van der Waals surface area contributed by atoms with E-state index >= 15 is 0 Å². The van der Waals surface area contributed by atoms with Crippen LogP contribution in [-0.4, -0.2) is 12.5 Å². The molecule has 3 heteroatoms. The molecule has 1 atom stereocenters. The van der Waals surface area contributed by atoms with E-state index < -0.39 is 0 Å². The third-order valence-electron chi connectivity index (χ3n) is 3.59. The minimum absolute atomic E-state index is 0.0315. The number of rotatable bonds is 6. The highest BCUT2D eigenvalue weighted by Crippen LogP contribution is 2.17. The molecule has 2 aromatic rings. The number of benzene rings is 2. The van der Waals surface area contributed by atoms with Crippen molar-refractivity contribution in [3.05, 3.63) is 71.5 Å². The Bertz CT molecular complexity index is 566. The van der Waals surface area contributed by atoms with Crippen LogP contribution in [0.4, 0.5) is 4.39 Å². The van der Waals surface area contributed by atoms with Crippen LogP contribution in [0, 0.1) is 5.82 Å². The fourth-order valence-corrected chi connectivity index (χ4v) is 2.31. The molecule has 1 amide bonds. The van der Waals surface area contributed by atoms with Gasteiger partial charge in [-0.2, -0.15) is 0 Å². The van der Waals surface area contributed by atoms with E-state index in [9.17, 15) is 9.18 Å². The highest BCUT2D eigenvalue weighted by Gasteiger charge is 2.11. The first-order valence-corrected chi connectivity index (χ1v) is 7.25. The number of carbonyl (C=O) groups is 1. The van der Waals surface area contributed by atoms with Gasteiger partial charge in [-0.15, -0.1) is 0 Å². The number of nitrogens with one attached hydrogen (secondary N) is 1. The average Bonchev–Trinajstić information content (AvgIpc) is 2.51. The second kappa shape index (κ2) is 7.58. The number of carbonyl (C=O) groups excluding carboxylic acids is 1. The van der Waals surface area contributed by atoms with Gasteiger partial charge in [-0.05, 0) is 29.7 Å². The van der Waals surface area contributed by atoms with Crippen molar-refractivity contribution in [1.82, 2.24) is 5.32 Å². The van der Waals surface area contributed by atoms with Crippen LogP contribution in [0.25, 0.3) is 0 Å². The van der Waals surface area contributed by atoms with Crippen molar-refractivity contribution in [2.75, 3.05) is 6.54 Å². The van der Waals surface area contributed by atoms with Crippen LogP contribution in [0.1, 0.15) is 30.4 Å². The monoisotopic (exact) mass is 285 g/mol. The van der Waals surface area contributed by atoms with Gasteiger partial charge in [0.15, 0.2) is 0 Å². The van der Waals surface area contributed by atoms with Crippen LogP contribution in [0.3, 0.4) is 0 Å². The van der Waals surface area contributed by atoms with Gasteiger partial charge >= 0.3 is 0 Å². The molecule has 1 unspecified atom stereocenters. The molecule has 0 fully saturated rings. The third-order valence-corrected chi connectivity index (χ3v) is 3.59. The summed E-state index contributed by atoms with van der Waals surface area (Å²) in [4.78, 5) is 11.9. The van der Waals surface area contributed by atoms with Crippen molar-refractivity contribution in [3.63, 3.8) is 0 Å². The average molecular weight is 285 g/mol. The van der Waals surface area contributed by atoms with E-state index in [1.807, 2.05) is 18.2 Å². The van der Waals surface area contributed by atoms with Crippen LogP contribution in [0.5, 0.6) is 0 Å². The summed E-state index contributed by atoms with van der Waals surface area (Å²) in [5, 5.41) is 2.96. The lowest BCUT2D eigenvalue weighted by Crippen LogP contribution is -2.29. The fraction of sp³-hybridized carbons (Fsp3) is 0.278. The summed E-state index contributed by atoms with van der Waals surface area (Å²) in [5.41, 5.74) is 2.06. The van der Waals surface area contributed by atoms with E-state index in [0.29, 0.717) is 12.5 Å². The first-order valence-electron chi connectivity index (χ1n) is 7.25. The predicted molar refractivity (Wildman–Crippen MR) is 82.6 cm³/mol. The summed E-state index contributed by atoms with van der Waals surface area (Å²) in [5.74, 6) is 0.00800. The zero-order chi connectivity index (χ0) is 15.1. The summed E-state index contributed by atoms with van der Waals surface area (Å²) in [7, 11) is 0. The molecule has 0 radical (unpaired) electrons. The maximum absolute atomic E-state index is 12.8. The summed E-state index contributed by atoms with van der Waals surface area (Å²) >= 11 is 0. The molecule has 110 valence electrons. The van der Waals surface area contributed by atoms with Gasteiger partial charge in [0, 0.05) is 12.5 Å². The lowest BCUT2D eigenvalue weighted by Gasteiger charge is -2.16. The van der Waals surface area contributed by atoms with E-state index in [1.165, 1.54) is 17.7 Å². The number of amides is 1. The summed E-state index contributed by atoms with van der Waals surface area (Å²) < 4.78 is 12.8. The first kappa shape index (κ1) is 15.2. The lowest BCUT2D eigenvalue weighted by molar-refractivity contribution is -0.120. The van der Waals surface area contributed by atoms with Crippen molar-refractivity contribution in [2.24, 2.45) is 0 Å². The molecule has 2 rings (SSSR count). The first-order chi connectivity index (χ1) is 10.2. The Hall–Kier alpha value is -2.16. The summed E-state index contributed by atoms with van der Waals surface area (Å²) in [6.45, 7) is 2.74. The van der Waals surface area contributed by atoms with Gasteiger partial charge in [-0.3, -0.25) is 4.79 Å². The Kier molecular flexibility index (Phi) is 5.50. The van der Waals surface area contributed by atoms with Crippen LogP contribution in [0.2, 0.25) is 0 Å². The SMILES string of the molecule is CCC(CNC(=O)Cc1ccc(F)cc1)c1ccccc1. The molecule has 0 aliphatic rings. The molecule has 0 saturated heterocycles. The van der Waals surface area contributed by atoms with Gasteiger partial charge < -0.3 is 5.32 Å². The molecule has 0 aliphatic carbocycles. The molecule has 1 N–H and O–H groups in total. The van der Waals surface area contributed by atoms with Gasteiger partial charge in [0.2, 0.25) is 5.91 Å². The Morgan fingerprint density at radius 3 is 2.38 bits per heavy atom. The topological polar surface area (TPSA) is 29.1 Å². The molecule has 0 bridgehead atoms. The third kappa shape index (κ3) is 4.71. The molecule has 2 aromatic carbocycles. The highest BCUT2D eigenvalue weighted by atomic mass is 19.1. The molecule has 0 aliphatic heterocycles. The van der Waals surface area contributed by atoms with Gasteiger partial charge in [0.25, 0.3) is 0 Å². The van der Waals surface area contributed by atoms with Crippen molar-refractivity contribution in [1.29, 1.82) is 0 Å². The van der Waals surface area contributed by atoms with Crippen LogP contribution < -0.4 is 5.32 Å². The number of halogens is 1. The molecule has 2 nitrogen and oxygen atoms in total. The van der Waals surface area contributed by atoms with Crippen LogP contribution >= 0.6 is 0 Å². The standard InChI is InChI=1S/C18H20FNO/c1-2-15(16-6-4-3-5-7-16)13-20-18(21)12-14-8-10-17(19)11-9-14/h3-11,15H,2,12-13H2,1H3,(H,20,21). The zero-order valence-electron chi connectivity index (χ0n) is 12.2. The molecular formula is C18H20FNO. The minimum Gasteiger partial charge on any atom is -0.355 e. The molecule has 0 aromatic heterocycles. The Morgan fingerprint density at radius 1 is 1.10 bits per heavy atom. The van der Waals surface area contributed by atoms with E-state index in [1.54, 1.807) is 12.1 Å². The van der Waals surface area contributed by atoms with E-state index in [-0.39, 0.29) is 18.1 Å². The summed E-state index contributed by atoms with van der Waals surface area (Å²) in [6, 6.07) is 16.2. The molecule has 0 spiro atoms. The van der Waals surface area contributed by atoms with Crippen molar-refractivity contribution >= 4 is 5.91 Å². The minimum atomic E-state index is -0.283. The van der Waals surface area contributed by atoms with Crippen molar-refractivity contribution in [3.8, 4) is 0 Å². The van der Waals surface area contributed by atoms with Crippen molar-refractivity contribution < 1.29 is 9.18 Å². The number of hydrogen-bond donors (Lipinski definition) is 1. The fourth-order valence-electron chi connectivity index (χ4n) is 2.31. The van der Waals surface area contributed by atoms with Gasteiger partial charge in [-0.1, -0.05) is 49.4 Å². The normalized spacial score (nSPS) is 11.9. The molecule has 0 heterocycles. The lowest BCUT2D eigenvalue weighted by atomic mass is 9.96. The van der Waals surface area contributed by atoms with Gasteiger partial charge in [0.1, 0.15) is 5.82 Å². The zero-order valence-corrected chi connectivity index (χ0v) is 12.2. The van der Waals surface area contributed by atoms with Crippen LogP contribution in [0.15, 0.2) is 54.6 Å². The van der Waals surface area contributed by atoms with E-state index in [2.05, 4.69) is 24.4 Å². The van der Waals surface area contributed by atoms with Gasteiger partial charge in [-0.25, -0.2) is 4.39 Å². The molecule has 0 saturated carbocycles. The number of hydrogen-bond acceptors (Lipinski definition) is 1. The Morgan fingerprint density at radius 2 is 1.76 bits per heavy atom. The predicted octanol–water partition coefficient (Wildman–Crippen LogP) is 3.68. The second-order valence-corrected chi connectivity index (χ2v) is 5.12. The second-order valence-electron chi connectivity index (χ2n) is 5.12. The summed E-state index contributed by atoms with van der Waals surface area (Å²) in [6.07, 6.45) is 1.26. The molecule has 21 heavy (non-hydrogen) atoms. The van der Waals surface area contributed by atoms with Crippen LogP contribution in [-0.2, 0) is 11.2 Å². The maximum Gasteiger partial charge on any atom is 0.224 e. The van der Waals surface area contributed by atoms with E-state index in [4.69, 9.17) is 0 Å². The largest absolute Gasteiger partial charge is 0.355 e. The van der Waals surface area contributed by atoms with E-state index in [0.717, 1.165) is 12.0 Å². The quantitative estimate of drug-likeness (QED) is 0.862. The molecular weight excluding hydrogens is 265 g/mol. The Labute approximate surface area is 125 Å².